The minimum absolute atomic E-state index is 0.191. The summed E-state index contributed by atoms with van der Waals surface area (Å²) in [4.78, 5) is 13.4. The molecule has 0 fully saturated rings. The molecule has 14 heavy (non-hydrogen) atoms. The van der Waals surface area contributed by atoms with E-state index in [4.69, 9.17) is 4.74 Å². The molecular weight excluding hydrogens is 178 g/mol. The van der Waals surface area contributed by atoms with Crippen molar-refractivity contribution in [3.63, 3.8) is 0 Å². The van der Waals surface area contributed by atoms with E-state index in [0.717, 1.165) is 12.8 Å². The van der Waals surface area contributed by atoms with Gasteiger partial charge < -0.3 is 9.64 Å². The first-order chi connectivity index (χ1) is 6.50. The standard InChI is InChI=1S/C11H23NO2/c1-6-7-8-14-11(13)12(9(2)3)10(4)5/h9-10H,6-8H2,1-5H3. The van der Waals surface area contributed by atoms with E-state index in [9.17, 15) is 4.79 Å². The molecular formula is C11H23NO2. The fourth-order valence-electron chi connectivity index (χ4n) is 1.40. The van der Waals surface area contributed by atoms with E-state index in [1.807, 2.05) is 27.7 Å². The first-order valence-electron chi connectivity index (χ1n) is 5.45. The Labute approximate surface area is 87.4 Å². The van der Waals surface area contributed by atoms with Gasteiger partial charge in [-0.05, 0) is 34.1 Å². The molecule has 3 heteroatoms. The second kappa shape index (κ2) is 6.68. The Bertz CT molecular complexity index is 159. The van der Waals surface area contributed by atoms with Crippen molar-refractivity contribution in [2.24, 2.45) is 0 Å². The molecule has 0 aromatic rings. The number of unbranched alkanes of at least 4 members (excludes halogenated alkanes) is 1. The van der Waals surface area contributed by atoms with Crippen LogP contribution in [0, 0.1) is 0 Å². The summed E-state index contributed by atoms with van der Waals surface area (Å²) in [6.07, 6.45) is 1.80. The molecule has 1 amide bonds. The molecule has 0 radical (unpaired) electrons. The summed E-state index contributed by atoms with van der Waals surface area (Å²) in [7, 11) is 0. The van der Waals surface area contributed by atoms with Crippen molar-refractivity contribution in [2.75, 3.05) is 6.61 Å². The second-order valence-corrected chi connectivity index (χ2v) is 4.06. The summed E-state index contributed by atoms with van der Waals surface area (Å²) in [5, 5.41) is 0. The van der Waals surface area contributed by atoms with E-state index in [1.54, 1.807) is 4.90 Å². The van der Waals surface area contributed by atoms with E-state index in [0.29, 0.717) is 6.61 Å². The predicted molar refractivity (Wildman–Crippen MR) is 58.4 cm³/mol. The Hall–Kier alpha value is -0.730. The van der Waals surface area contributed by atoms with Gasteiger partial charge in [-0.15, -0.1) is 0 Å². The van der Waals surface area contributed by atoms with Crippen molar-refractivity contribution in [3.8, 4) is 0 Å². The maximum atomic E-state index is 11.6. The molecule has 0 heterocycles. The van der Waals surface area contributed by atoms with Gasteiger partial charge in [-0.3, -0.25) is 0 Å². The fraction of sp³-hybridized carbons (Fsp3) is 0.909. The Kier molecular flexibility index (Phi) is 6.34. The molecule has 0 aromatic carbocycles. The summed E-state index contributed by atoms with van der Waals surface area (Å²) < 4.78 is 5.15. The van der Waals surface area contributed by atoms with Gasteiger partial charge in [0.15, 0.2) is 0 Å². The van der Waals surface area contributed by atoms with Crippen LogP contribution in [0.3, 0.4) is 0 Å². The molecule has 0 bridgehead atoms. The quantitative estimate of drug-likeness (QED) is 0.640. The van der Waals surface area contributed by atoms with Gasteiger partial charge in [0.2, 0.25) is 0 Å². The van der Waals surface area contributed by atoms with Gasteiger partial charge in [0.05, 0.1) is 6.61 Å². The number of carbonyl (C=O) groups is 1. The molecule has 0 saturated heterocycles. The molecule has 0 aliphatic rings. The number of rotatable bonds is 5. The largest absolute Gasteiger partial charge is 0.449 e. The summed E-state index contributed by atoms with van der Waals surface area (Å²) in [5.74, 6) is 0. The highest BCUT2D eigenvalue weighted by atomic mass is 16.6. The monoisotopic (exact) mass is 201 g/mol. The van der Waals surface area contributed by atoms with Gasteiger partial charge in [0.1, 0.15) is 0 Å². The molecule has 0 aromatic heterocycles. The minimum Gasteiger partial charge on any atom is -0.449 e. The Morgan fingerprint density at radius 2 is 1.71 bits per heavy atom. The van der Waals surface area contributed by atoms with E-state index in [1.165, 1.54) is 0 Å². The Morgan fingerprint density at radius 1 is 1.21 bits per heavy atom. The van der Waals surface area contributed by atoms with E-state index < -0.39 is 0 Å². The van der Waals surface area contributed by atoms with Gasteiger partial charge in [-0.25, -0.2) is 4.79 Å². The van der Waals surface area contributed by atoms with Crippen molar-refractivity contribution < 1.29 is 9.53 Å². The molecule has 0 spiro atoms. The second-order valence-electron chi connectivity index (χ2n) is 4.06. The lowest BCUT2D eigenvalue weighted by Gasteiger charge is -2.29. The van der Waals surface area contributed by atoms with Crippen molar-refractivity contribution in [3.05, 3.63) is 0 Å². The van der Waals surface area contributed by atoms with Crippen LogP contribution in [-0.2, 0) is 4.74 Å². The topological polar surface area (TPSA) is 29.5 Å². The predicted octanol–water partition coefficient (Wildman–Crippen LogP) is 3.04. The van der Waals surface area contributed by atoms with Gasteiger partial charge in [0, 0.05) is 12.1 Å². The first kappa shape index (κ1) is 13.3. The zero-order valence-electron chi connectivity index (χ0n) is 10.0. The number of hydrogen-bond donors (Lipinski definition) is 0. The lowest BCUT2D eigenvalue weighted by Crippen LogP contribution is -2.42. The highest BCUT2D eigenvalue weighted by Gasteiger charge is 2.20. The maximum Gasteiger partial charge on any atom is 0.410 e. The van der Waals surface area contributed by atoms with Crippen LogP contribution in [0.25, 0.3) is 0 Å². The third kappa shape index (κ3) is 4.49. The number of nitrogens with zero attached hydrogens (tertiary/aromatic N) is 1. The SMILES string of the molecule is CCCCOC(=O)N(C(C)C)C(C)C. The average Bonchev–Trinajstić information content (AvgIpc) is 2.03. The fourth-order valence-corrected chi connectivity index (χ4v) is 1.40. The summed E-state index contributed by atoms with van der Waals surface area (Å²) in [5.41, 5.74) is 0. The van der Waals surface area contributed by atoms with Crippen LogP contribution < -0.4 is 0 Å². The Morgan fingerprint density at radius 3 is 2.07 bits per heavy atom. The molecule has 0 aliphatic heterocycles. The highest BCUT2D eigenvalue weighted by molar-refractivity contribution is 5.68. The lowest BCUT2D eigenvalue weighted by molar-refractivity contribution is 0.0782. The molecule has 0 atom stereocenters. The van der Waals surface area contributed by atoms with Gasteiger partial charge >= 0.3 is 6.09 Å². The van der Waals surface area contributed by atoms with Crippen LogP contribution in [0.5, 0.6) is 0 Å². The van der Waals surface area contributed by atoms with Crippen LogP contribution in [0.1, 0.15) is 47.5 Å². The van der Waals surface area contributed by atoms with Crippen LogP contribution in [0.15, 0.2) is 0 Å². The molecule has 3 nitrogen and oxygen atoms in total. The molecule has 0 aliphatic carbocycles. The van der Waals surface area contributed by atoms with Crippen molar-refractivity contribution >= 4 is 6.09 Å². The first-order valence-corrected chi connectivity index (χ1v) is 5.45. The van der Waals surface area contributed by atoms with Gasteiger partial charge in [0.25, 0.3) is 0 Å². The molecule has 0 saturated carbocycles. The molecule has 0 unspecified atom stereocenters. The molecule has 84 valence electrons. The highest BCUT2D eigenvalue weighted by Crippen LogP contribution is 2.07. The third-order valence-corrected chi connectivity index (χ3v) is 2.05. The summed E-state index contributed by atoms with van der Waals surface area (Å²) >= 11 is 0. The van der Waals surface area contributed by atoms with Crippen LogP contribution in [0.2, 0.25) is 0 Å². The van der Waals surface area contributed by atoms with Crippen LogP contribution >= 0.6 is 0 Å². The Balaban J connectivity index is 4.03. The van der Waals surface area contributed by atoms with Crippen LogP contribution in [-0.4, -0.2) is 29.7 Å². The van der Waals surface area contributed by atoms with E-state index >= 15 is 0 Å². The lowest BCUT2D eigenvalue weighted by atomic mass is 10.2. The maximum absolute atomic E-state index is 11.6. The van der Waals surface area contributed by atoms with Crippen molar-refractivity contribution in [1.29, 1.82) is 0 Å². The van der Waals surface area contributed by atoms with E-state index in [2.05, 4.69) is 6.92 Å². The van der Waals surface area contributed by atoms with E-state index in [-0.39, 0.29) is 18.2 Å². The normalized spacial score (nSPS) is 10.8. The zero-order chi connectivity index (χ0) is 11.1. The van der Waals surface area contributed by atoms with Gasteiger partial charge in [-0.2, -0.15) is 0 Å². The van der Waals surface area contributed by atoms with Crippen molar-refractivity contribution in [1.82, 2.24) is 4.90 Å². The number of ether oxygens (including phenoxy) is 1. The zero-order valence-corrected chi connectivity index (χ0v) is 10.0. The minimum atomic E-state index is -0.191. The number of hydrogen-bond acceptors (Lipinski definition) is 2. The molecule has 0 rings (SSSR count). The van der Waals surface area contributed by atoms with Crippen LogP contribution in [0.4, 0.5) is 4.79 Å². The summed E-state index contributed by atoms with van der Waals surface area (Å²) in [6, 6.07) is 0.397. The van der Waals surface area contributed by atoms with Gasteiger partial charge in [-0.1, -0.05) is 13.3 Å². The van der Waals surface area contributed by atoms with Crippen molar-refractivity contribution in [2.45, 2.75) is 59.5 Å². The molecule has 0 N–H and O–H groups in total. The number of carbonyl (C=O) groups excluding carboxylic acids is 1. The third-order valence-electron chi connectivity index (χ3n) is 2.05. The smallest absolute Gasteiger partial charge is 0.410 e. The average molecular weight is 201 g/mol. The summed E-state index contributed by atoms with van der Waals surface area (Å²) in [6.45, 7) is 10.6. The number of amides is 1.